The van der Waals surface area contributed by atoms with Gasteiger partial charge in [0.2, 0.25) is 0 Å². The van der Waals surface area contributed by atoms with Gasteiger partial charge in [-0.2, -0.15) is 0 Å². The van der Waals surface area contributed by atoms with Crippen LogP contribution in [-0.2, 0) is 17.6 Å². The van der Waals surface area contributed by atoms with Crippen LogP contribution in [0.4, 0.5) is 4.79 Å². The maximum atomic E-state index is 11.6. The average Bonchev–Trinajstić information content (AvgIpc) is 3.05. The number of H-pyrrole nitrogens is 1. The number of nitrogens with zero attached hydrogens (tertiary/aromatic N) is 1. The van der Waals surface area contributed by atoms with Crippen molar-refractivity contribution >= 4 is 17.0 Å². The van der Waals surface area contributed by atoms with Crippen molar-refractivity contribution in [3.8, 4) is 0 Å². The number of amides is 1. The van der Waals surface area contributed by atoms with Crippen molar-refractivity contribution in [2.45, 2.75) is 18.9 Å². The quantitative estimate of drug-likeness (QED) is 0.887. The molecule has 1 amide bonds. The molecule has 0 saturated carbocycles. The molecule has 0 unspecified atom stereocenters. The minimum absolute atomic E-state index is 0.0993. The Labute approximate surface area is 144 Å². The molecule has 0 spiro atoms. The molecule has 21 heavy (non-hydrogen) atoms. The van der Waals surface area contributed by atoms with E-state index < -0.39 is 76.3 Å². The highest BCUT2D eigenvalue weighted by atomic mass is 16.6. The molecular weight excluding hydrogens is 266 g/mol. The summed E-state index contributed by atoms with van der Waals surface area (Å²) >= 11 is 0. The molecule has 112 valence electrons. The number of fused-ring (bicyclic) bond motifs is 1. The second-order valence-electron chi connectivity index (χ2n) is 4.52. The van der Waals surface area contributed by atoms with Crippen LogP contribution in [0.3, 0.4) is 0 Å². The van der Waals surface area contributed by atoms with Gasteiger partial charge in [-0.25, -0.2) is 4.79 Å². The van der Waals surface area contributed by atoms with Crippen LogP contribution in [0.15, 0.2) is 24.3 Å². The maximum Gasteiger partial charge on any atom is 0.407 e. The number of rotatable bonds is 5. The van der Waals surface area contributed by atoms with Gasteiger partial charge in [-0.1, -0.05) is 6.04 Å². The molecule has 1 aromatic heterocycles. The fraction of sp³-hybridized carbons (Fsp3) is 0.438. The topological polar surface area (TPSA) is 57.4 Å². The van der Waals surface area contributed by atoms with Crippen molar-refractivity contribution in [1.29, 1.82) is 0 Å². The van der Waals surface area contributed by atoms with E-state index in [1.165, 1.54) is 0 Å². The molecule has 0 bridgehead atoms. The molecule has 1 saturated heterocycles. The molecule has 0 radical (unpaired) electrons. The molecule has 0 aliphatic carbocycles. The van der Waals surface area contributed by atoms with Gasteiger partial charge in [0.25, 0.3) is 0 Å². The molecule has 5 heteroatoms. The van der Waals surface area contributed by atoms with Crippen molar-refractivity contribution in [1.82, 2.24) is 15.2 Å². The highest BCUT2D eigenvalue weighted by molar-refractivity contribution is 5.84. The van der Waals surface area contributed by atoms with E-state index in [4.69, 9.17) is 19.3 Å². The van der Waals surface area contributed by atoms with Crippen LogP contribution in [0.5, 0.6) is 0 Å². The summed E-state index contributed by atoms with van der Waals surface area (Å²) in [5, 5.41) is 0.0587. The van der Waals surface area contributed by atoms with E-state index >= 15 is 0 Å². The van der Waals surface area contributed by atoms with E-state index in [0.717, 1.165) is 0 Å². The van der Waals surface area contributed by atoms with Crippen LogP contribution in [0.25, 0.3) is 10.9 Å². The predicted octanol–water partition coefficient (Wildman–Crippen LogP) is 1.92. The standard InChI is InChI=1S/C16H21N3O2/c1-19(2)6-5-12-9-17-15-4-3-11(8-14(12)15)7-13-10-21-16(20)18-13/h3-4,8-9,13,17H,5-7,10H2,1-2H3,(H,18,20)/t13-/m0/s1/i1D3,2D3,3D,4D,8D,9D,10D2/hD2. The van der Waals surface area contributed by atoms with Gasteiger partial charge >= 0.3 is 6.09 Å². The molecule has 5 nitrogen and oxygen atoms in total. The Balaban J connectivity index is 2.14. The summed E-state index contributed by atoms with van der Waals surface area (Å²) in [6.07, 6.45) is -2.76. The number of likely N-dealkylation sites (N-methyl/N-ethyl adjacent to an activating group) is 1. The number of benzene rings is 1. The Bertz CT molecular complexity index is 1160. The zero-order chi connectivity index (χ0) is 26.8. The first-order chi connectivity index (χ1) is 15.8. The minimum atomic E-state index is -3.01. The number of aromatic nitrogens is 1. The molecule has 1 aliphatic rings. The SMILES string of the molecule is [2H]c1c(C[C@@H]2N([2H])C(=O)OC2([2H])[2H])c([2H])c2c(CCN(C([2H])([2H])[2H])C([2H])([2H])[2H])c([2H])n([2H])c2c1[2H]. The van der Waals surface area contributed by atoms with Crippen LogP contribution in [0.1, 0.15) is 27.6 Å². The summed E-state index contributed by atoms with van der Waals surface area (Å²) in [5.41, 5.74) is -0.650. The second-order valence-corrected chi connectivity index (χ2v) is 4.52. The third-order valence-electron chi connectivity index (χ3n) is 2.98. The fourth-order valence-corrected chi connectivity index (χ4v) is 2.01. The number of carbonyl (C=O) groups excluding carboxylic acids is 1. The monoisotopic (exact) mass is 301 g/mol. The fourth-order valence-electron chi connectivity index (χ4n) is 2.01. The Morgan fingerprint density at radius 3 is 3.29 bits per heavy atom. The Morgan fingerprint density at radius 1 is 1.62 bits per heavy atom. The second kappa shape index (κ2) is 5.77. The van der Waals surface area contributed by atoms with E-state index in [1.54, 1.807) is 0 Å². The first-order valence-corrected chi connectivity index (χ1v) is 6.21. The van der Waals surface area contributed by atoms with Gasteiger partial charge in [0, 0.05) is 31.8 Å². The summed E-state index contributed by atoms with van der Waals surface area (Å²) in [4.78, 5) is 12.4. The van der Waals surface area contributed by atoms with Gasteiger partial charge < -0.3 is 19.9 Å². The number of hydrogen-bond acceptors (Lipinski definition) is 3. The minimum Gasteiger partial charge on any atom is -0.447 e. The third-order valence-corrected chi connectivity index (χ3v) is 2.98. The summed E-state index contributed by atoms with van der Waals surface area (Å²) < 4.78 is 114. The molecule has 1 aliphatic heterocycles. The summed E-state index contributed by atoms with van der Waals surface area (Å²) in [6.45, 7) is -9.24. The Morgan fingerprint density at radius 2 is 2.52 bits per heavy atom. The molecule has 3 rings (SSSR count). The van der Waals surface area contributed by atoms with E-state index in [0.29, 0.717) is 4.98 Å². The van der Waals surface area contributed by atoms with Crippen LogP contribution in [0, 0.1) is 0 Å². The van der Waals surface area contributed by atoms with E-state index in [2.05, 4.69) is 4.74 Å². The molecule has 1 fully saturated rings. The molecule has 2 aromatic rings. The van der Waals surface area contributed by atoms with Crippen LogP contribution in [-0.4, -0.2) is 49.1 Å². The highest BCUT2D eigenvalue weighted by Crippen LogP contribution is 2.21. The zero-order valence-corrected chi connectivity index (χ0v) is 10.9. The summed E-state index contributed by atoms with van der Waals surface area (Å²) in [6, 6.07) is -3.19. The molecular formula is C16H21N3O2. The number of hydrogen-bond donors (Lipinski definition) is 2. The van der Waals surface area contributed by atoms with Crippen molar-refractivity contribution in [2.24, 2.45) is 0 Å². The van der Waals surface area contributed by atoms with Gasteiger partial charge in [0.15, 0.2) is 2.82 Å². The molecule has 1 atom stereocenters. The lowest BCUT2D eigenvalue weighted by Crippen LogP contribution is -2.28. The summed E-state index contributed by atoms with van der Waals surface area (Å²) in [5.74, 6) is 0. The van der Waals surface area contributed by atoms with Crippen molar-refractivity contribution < 1.29 is 28.8 Å². The lowest BCUT2D eigenvalue weighted by Gasteiger charge is -2.09. The molecule has 2 heterocycles. The van der Waals surface area contributed by atoms with Crippen LogP contribution in [0.2, 0.25) is 2.82 Å². The van der Waals surface area contributed by atoms with Crippen molar-refractivity contribution in [3.05, 3.63) is 35.4 Å². The van der Waals surface area contributed by atoms with Crippen molar-refractivity contribution in [3.63, 3.8) is 0 Å². The number of cyclic esters (lactones) is 1. The molecule has 2 N–H and O–H groups in total. The first kappa shape index (κ1) is 5.02. The average molecular weight is 301 g/mol. The third kappa shape index (κ3) is 3.19. The van der Waals surface area contributed by atoms with Crippen LogP contribution < -0.4 is 5.31 Å². The van der Waals surface area contributed by atoms with E-state index in [-0.39, 0.29) is 32.2 Å². The zero-order valence-electron chi connectivity index (χ0n) is 24.9. The largest absolute Gasteiger partial charge is 0.447 e. The number of alkyl carbamates (subject to hydrolysis) is 1. The lowest BCUT2D eigenvalue weighted by atomic mass is 10.0. The number of nitrogens with one attached hydrogen (secondary N) is 2. The lowest BCUT2D eigenvalue weighted by molar-refractivity contribution is 0.177. The van der Waals surface area contributed by atoms with Gasteiger partial charge in [0.05, 0.1) is 14.3 Å². The van der Waals surface area contributed by atoms with E-state index in [1.807, 2.05) is 0 Å². The maximum absolute atomic E-state index is 11.6. The Hall–Kier alpha value is -2.01. The van der Waals surface area contributed by atoms with Crippen LogP contribution >= 0.6 is 0 Å². The number of aromatic amines is 1. The summed E-state index contributed by atoms with van der Waals surface area (Å²) in [7, 11) is 0. The van der Waals surface area contributed by atoms with Gasteiger partial charge in [0.1, 0.15) is 6.56 Å². The van der Waals surface area contributed by atoms with Crippen molar-refractivity contribution in [2.75, 3.05) is 27.1 Å². The highest BCUT2D eigenvalue weighted by Gasteiger charge is 2.22. The predicted molar refractivity (Wildman–Crippen MR) is 82.5 cm³/mol. The first-order valence-electron chi connectivity index (χ1n) is 13.1. The number of ether oxygens (including phenoxy) is 1. The van der Waals surface area contributed by atoms with Gasteiger partial charge in [-0.15, -0.1) is 0 Å². The normalized spacial score (nSPS) is 32.0. The van der Waals surface area contributed by atoms with Gasteiger partial charge in [-0.05, 0) is 50.0 Å². The van der Waals surface area contributed by atoms with E-state index in [9.17, 15) is 4.79 Å². The Kier molecular flexibility index (Phi) is 1.38. The number of carbonyl (C=O) groups is 1. The molecule has 1 aromatic carbocycles. The van der Waals surface area contributed by atoms with Gasteiger partial charge in [-0.3, -0.25) is 0 Å². The smallest absolute Gasteiger partial charge is 0.407 e.